The van der Waals surface area contributed by atoms with Gasteiger partial charge in [0.15, 0.2) is 0 Å². The highest BCUT2D eigenvalue weighted by Crippen LogP contribution is 2.27. The number of hydrogen-bond acceptors (Lipinski definition) is 5. The summed E-state index contributed by atoms with van der Waals surface area (Å²) in [4.78, 5) is 23.0. The quantitative estimate of drug-likeness (QED) is 0.419. The fourth-order valence-corrected chi connectivity index (χ4v) is 3.22. The van der Waals surface area contributed by atoms with E-state index in [9.17, 15) is 19.3 Å². The van der Waals surface area contributed by atoms with E-state index >= 15 is 0 Å². The maximum absolute atomic E-state index is 13.2. The number of rotatable bonds is 4. The summed E-state index contributed by atoms with van der Waals surface area (Å²) in [5, 5.41) is 17.1. The molecule has 1 saturated heterocycles. The molecule has 1 aliphatic heterocycles. The van der Waals surface area contributed by atoms with Gasteiger partial charge in [-0.15, -0.1) is 12.4 Å². The highest BCUT2D eigenvalue weighted by molar-refractivity contribution is 6.00. The van der Waals surface area contributed by atoms with Crippen molar-refractivity contribution in [1.82, 2.24) is 10.6 Å². The second-order valence-corrected chi connectivity index (χ2v) is 6.26. The Bertz CT molecular complexity index is 832. The average molecular weight is 395 g/mol. The molecule has 2 unspecified atom stereocenters. The third-order valence-corrected chi connectivity index (χ3v) is 4.59. The van der Waals surface area contributed by atoms with Gasteiger partial charge in [0.1, 0.15) is 5.82 Å². The summed E-state index contributed by atoms with van der Waals surface area (Å²) >= 11 is 0. The number of carbonyl (C=O) groups excluding carboxylic acids is 1. The number of benzene rings is 2. The zero-order valence-electron chi connectivity index (χ0n) is 14.4. The van der Waals surface area contributed by atoms with Crippen molar-refractivity contribution in [3.63, 3.8) is 0 Å². The molecule has 7 nitrogen and oxygen atoms in total. The monoisotopic (exact) mass is 394 g/mol. The van der Waals surface area contributed by atoms with E-state index in [0.717, 1.165) is 18.5 Å². The second kappa shape index (κ2) is 8.79. The molecular weight excluding hydrogens is 375 g/mol. The molecule has 1 heterocycles. The Kier molecular flexibility index (Phi) is 6.70. The Morgan fingerprint density at radius 3 is 2.63 bits per heavy atom. The van der Waals surface area contributed by atoms with Gasteiger partial charge in [-0.05, 0) is 36.7 Å². The number of hydrogen-bond donors (Lipinski definition) is 3. The molecule has 1 aliphatic rings. The molecule has 0 spiro atoms. The van der Waals surface area contributed by atoms with Gasteiger partial charge in [-0.2, -0.15) is 0 Å². The average Bonchev–Trinajstić information content (AvgIpc) is 2.63. The van der Waals surface area contributed by atoms with Gasteiger partial charge < -0.3 is 16.4 Å². The van der Waals surface area contributed by atoms with Crippen LogP contribution < -0.4 is 16.4 Å². The summed E-state index contributed by atoms with van der Waals surface area (Å²) in [6.45, 7) is 1.33. The number of nitrogens with two attached hydrogens (primary N) is 1. The van der Waals surface area contributed by atoms with E-state index in [1.807, 2.05) is 0 Å². The lowest BCUT2D eigenvalue weighted by Gasteiger charge is -2.33. The number of nitrogens with one attached hydrogen (secondary N) is 2. The molecule has 0 aliphatic carbocycles. The Morgan fingerprint density at radius 2 is 1.96 bits per heavy atom. The predicted octanol–water partition coefficient (Wildman–Crippen LogP) is 2.61. The number of nitro groups is 1. The fraction of sp³-hybridized carbons (Fsp3) is 0.278. The summed E-state index contributed by atoms with van der Waals surface area (Å²) in [5.41, 5.74) is 6.81. The Balaban J connectivity index is 0.00000261. The number of non-ortho nitro benzene ring substituents is 1. The molecule has 0 radical (unpaired) electrons. The van der Waals surface area contributed by atoms with Crippen molar-refractivity contribution in [2.24, 2.45) is 0 Å². The van der Waals surface area contributed by atoms with Crippen LogP contribution >= 0.6 is 12.4 Å². The van der Waals surface area contributed by atoms with Gasteiger partial charge in [-0.25, -0.2) is 4.39 Å². The van der Waals surface area contributed by atoms with Crippen molar-refractivity contribution in [3.8, 4) is 0 Å². The molecular formula is C18H20ClFN4O3. The fourth-order valence-electron chi connectivity index (χ4n) is 3.22. The first-order valence-corrected chi connectivity index (χ1v) is 8.26. The maximum Gasteiger partial charge on any atom is 0.270 e. The van der Waals surface area contributed by atoms with Gasteiger partial charge in [0.2, 0.25) is 0 Å². The van der Waals surface area contributed by atoms with Gasteiger partial charge in [0.25, 0.3) is 11.6 Å². The minimum absolute atomic E-state index is 0. The van der Waals surface area contributed by atoms with Crippen LogP contribution in [-0.4, -0.2) is 30.0 Å². The molecule has 2 aromatic rings. The first-order valence-electron chi connectivity index (χ1n) is 8.26. The van der Waals surface area contributed by atoms with Crippen molar-refractivity contribution < 1.29 is 14.1 Å². The summed E-state index contributed by atoms with van der Waals surface area (Å²) < 4.78 is 13.2. The minimum Gasteiger partial charge on any atom is -0.398 e. The lowest BCUT2D eigenvalue weighted by Crippen LogP contribution is -2.50. The molecule has 1 amide bonds. The van der Waals surface area contributed by atoms with Crippen molar-refractivity contribution >= 4 is 29.7 Å². The van der Waals surface area contributed by atoms with Crippen molar-refractivity contribution in [1.29, 1.82) is 0 Å². The predicted molar refractivity (Wildman–Crippen MR) is 103 cm³/mol. The van der Waals surface area contributed by atoms with Crippen LogP contribution in [0.25, 0.3) is 0 Å². The smallest absolute Gasteiger partial charge is 0.270 e. The number of piperidine rings is 1. The number of halogens is 2. The first-order chi connectivity index (χ1) is 12.5. The molecule has 2 atom stereocenters. The van der Waals surface area contributed by atoms with Crippen LogP contribution in [0.5, 0.6) is 0 Å². The van der Waals surface area contributed by atoms with E-state index in [0.29, 0.717) is 6.54 Å². The molecule has 0 bridgehead atoms. The normalized spacial score (nSPS) is 19.0. The summed E-state index contributed by atoms with van der Waals surface area (Å²) in [5.74, 6) is -0.764. The standard InChI is InChI=1S/C18H19FN4O3.ClH/c19-12-3-1-11(2-4-12)14-7-8-21-10-17(14)22-18(24)15-9-13(23(25)26)5-6-16(15)20;/h1-6,9,14,17,21H,7-8,10,20H2,(H,22,24);1H. The van der Waals surface area contributed by atoms with Gasteiger partial charge in [-0.1, -0.05) is 12.1 Å². The SMILES string of the molecule is Cl.Nc1ccc([N+](=O)[O-])cc1C(=O)NC1CNCCC1c1ccc(F)cc1. The largest absolute Gasteiger partial charge is 0.398 e. The highest BCUT2D eigenvalue weighted by atomic mass is 35.5. The van der Waals surface area contributed by atoms with E-state index in [1.54, 1.807) is 12.1 Å². The Labute approximate surface area is 161 Å². The number of nitrogens with zero attached hydrogens (tertiary/aromatic N) is 1. The maximum atomic E-state index is 13.2. The highest BCUT2D eigenvalue weighted by Gasteiger charge is 2.29. The van der Waals surface area contributed by atoms with Gasteiger partial charge >= 0.3 is 0 Å². The molecule has 4 N–H and O–H groups in total. The number of carbonyl (C=O) groups is 1. The molecule has 9 heteroatoms. The van der Waals surface area contributed by atoms with E-state index < -0.39 is 10.8 Å². The van der Waals surface area contributed by atoms with E-state index in [1.165, 1.54) is 30.3 Å². The zero-order chi connectivity index (χ0) is 18.7. The van der Waals surface area contributed by atoms with Gasteiger partial charge in [-0.3, -0.25) is 14.9 Å². The van der Waals surface area contributed by atoms with Crippen LogP contribution in [0.2, 0.25) is 0 Å². The molecule has 2 aromatic carbocycles. The molecule has 0 aromatic heterocycles. The number of nitrogen functional groups attached to an aromatic ring is 1. The first kappa shape index (κ1) is 20.6. The number of amides is 1. The molecule has 3 rings (SSSR count). The van der Waals surface area contributed by atoms with Crippen molar-refractivity contribution in [2.75, 3.05) is 18.8 Å². The van der Waals surface area contributed by atoms with E-state index in [2.05, 4.69) is 10.6 Å². The van der Waals surface area contributed by atoms with Crippen LogP contribution in [0.4, 0.5) is 15.8 Å². The van der Waals surface area contributed by atoms with Crippen molar-refractivity contribution in [2.45, 2.75) is 18.4 Å². The Hall–Kier alpha value is -2.71. The third kappa shape index (κ3) is 4.72. The molecule has 0 saturated carbocycles. The van der Waals surface area contributed by atoms with Crippen molar-refractivity contribution in [3.05, 3.63) is 69.5 Å². The minimum atomic E-state index is -0.570. The van der Waals surface area contributed by atoms with Crippen LogP contribution in [0.3, 0.4) is 0 Å². The lowest BCUT2D eigenvalue weighted by molar-refractivity contribution is -0.384. The zero-order valence-corrected chi connectivity index (χ0v) is 15.2. The summed E-state index contributed by atoms with van der Waals surface area (Å²) in [6.07, 6.45) is 0.779. The summed E-state index contributed by atoms with van der Waals surface area (Å²) in [7, 11) is 0. The molecule has 144 valence electrons. The number of anilines is 1. The van der Waals surface area contributed by atoms with E-state index in [4.69, 9.17) is 5.73 Å². The van der Waals surface area contributed by atoms with Crippen LogP contribution in [0.1, 0.15) is 28.3 Å². The van der Waals surface area contributed by atoms with Gasteiger partial charge in [0, 0.05) is 36.3 Å². The molecule has 1 fully saturated rings. The number of nitro benzene ring substituents is 1. The van der Waals surface area contributed by atoms with E-state index in [-0.39, 0.29) is 47.1 Å². The van der Waals surface area contributed by atoms with Crippen LogP contribution in [0.15, 0.2) is 42.5 Å². The van der Waals surface area contributed by atoms with Crippen LogP contribution in [-0.2, 0) is 0 Å². The molecule has 27 heavy (non-hydrogen) atoms. The Morgan fingerprint density at radius 1 is 1.26 bits per heavy atom. The third-order valence-electron chi connectivity index (χ3n) is 4.59. The topological polar surface area (TPSA) is 110 Å². The van der Waals surface area contributed by atoms with Gasteiger partial charge in [0.05, 0.1) is 10.5 Å². The second-order valence-electron chi connectivity index (χ2n) is 6.26. The van der Waals surface area contributed by atoms with Crippen LogP contribution in [0, 0.1) is 15.9 Å². The lowest BCUT2D eigenvalue weighted by atomic mass is 9.86. The summed E-state index contributed by atoms with van der Waals surface area (Å²) in [6, 6.07) is 9.77.